The lowest BCUT2D eigenvalue weighted by molar-refractivity contribution is 0.100. The molecule has 4 heteroatoms. The van der Waals surface area contributed by atoms with Crippen LogP contribution in [0.5, 0.6) is 0 Å². The topological polar surface area (TPSA) is 81.1 Å². The number of hydrogen-bond donors (Lipinski definition) is 3. The lowest BCUT2D eigenvalue weighted by Crippen LogP contribution is -2.23. The molecule has 4 nitrogen and oxygen atoms in total. The molecule has 0 aliphatic heterocycles. The molecule has 0 atom stereocenters. The third-order valence-electron chi connectivity index (χ3n) is 4.06. The number of nitrogens with one attached hydrogen (secondary N) is 1. The van der Waals surface area contributed by atoms with Crippen LogP contribution < -0.4 is 16.8 Å². The first-order valence-electron chi connectivity index (χ1n) is 6.38. The van der Waals surface area contributed by atoms with Gasteiger partial charge in [0, 0.05) is 17.9 Å². The van der Waals surface area contributed by atoms with Gasteiger partial charge >= 0.3 is 0 Å². The minimum Gasteiger partial charge on any atom is -0.399 e. The molecule has 0 heterocycles. The molecule has 98 valence electrons. The number of nitrogens with two attached hydrogens (primary N) is 2. The van der Waals surface area contributed by atoms with E-state index in [-0.39, 0.29) is 0 Å². The molecule has 0 saturated heterocycles. The van der Waals surface area contributed by atoms with E-state index >= 15 is 0 Å². The lowest BCUT2D eigenvalue weighted by Gasteiger charge is -2.21. The Labute approximate surface area is 108 Å². The van der Waals surface area contributed by atoms with Crippen LogP contribution in [0, 0.1) is 11.3 Å². The number of amides is 1. The maximum Gasteiger partial charge on any atom is 0.250 e. The number of benzene rings is 1. The Bertz CT molecular complexity index is 464. The summed E-state index contributed by atoms with van der Waals surface area (Å²) in [6, 6.07) is 5.14. The first kappa shape index (κ1) is 12.7. The van der Waals surface area contributed by atoms with Gasteiger partial charge in [-0.1, -0.05) is 13.8 Å². The Kier molecular flexibility index (Phi) is 3.20. The highest BCUT2D eigenvalue weighted by Crippen LogP contribution is 2.51. The molecule has 1 amide bonds. The highest BCUT2D eigenvalue weighted by molar-refractivity contribution is 5.99. The zero-order valence-electron chi connectivity index (χ0n) is 11.0. The van der Waals surface area contributed by atoms with Crippen molar-refractivity contribution < 1.29 is 4.79 Å². The van der Waals surface area contributed by atoms with E-state index in [1.54, 1.807) is 18.2 Å². The van der Waals surface area contributed by atoms with Gasteiger partial charge in [0.2, 0.25) is 0 Å². The SMILES string of the molecule is CC(C)C1(CNc2cc(N)ccc2C(N)=O)CC1. The number of primary amides is 1. The van der Waals surface area contributed by atoms with Crippen molar-refractivity contribution in [3.05, 3.63) is 23.8 Å². The first-order chi connectivity index (χ1) is 8.44. The van der Waals surface area contributed by atoms with Crippen molar-refractivity contribution in [1.82, 2.24) is 0 Å². The zero-order chi connectivity index (χ0) is 13.3. The summed E-state index contributed by atoms with van der Waals surface area (Å²) in [5, 5.41) is 3.34. The molecule has 2 rings (SSSR count). The van der Waals surface area contributed by atoms with Gasteiger partial charge in [0.1, 0.15) is 0 Å². The van der Waals surface area contributed by atoms with E-state index in [9.17, 15) is 4.79 Å². The predicted octanol–water partition coefficient (Wildman–Crippen LogP) is 2.22. The summed E-state index contributed by atoms with van der Waals surface area (Å²) in [6.45, 7) is 5.35. The molecule has 0 aromatic heterocycles. The number of carbonyl (C=O) groups is 1. The largest absolute Gasteiger partial charge is 0.399 e. The van der Waals surface area contributed by atoms with Gasteiger partial charge in [-0.05, 0) is 42.4 Å². The van der Waals surface area contributed by atoms with Crippen LogP contribution in [0.25, 0.3) is 0 Å². The third kappa shape index (κ3) is 2.42. The first-order valence-corrected chi connectivity index (χ1v) is 6.38. The van der Waals surface area contributed by atoms with Crippen LogP contribution in [0.1, 0.15) is 37.0 Å². The molecule has 1 aliphatic carbocycles. The highest BCUT2D eigenvalue weighted by atomic mass is 16.1. The van der Waals surface area contributed by atoms with E-state index in [4.69, 9.17) is 11.5 Å². The Morgan fingerprint density at radius 2 is 2.11 bits per heavy atom. The lowest BCUT2D eigenvalue weighted by atomic mass is 9.92. The Morgan fingerprint density at radius 3 is 2.61 bits per heavy atom. The Balaban J connectivity index is 2.14. The van der Waals surface area contributed by atoms with E-state index in [1.807, 2.05) is 0 Å². The average molecular weight is 247 g/mol. The van der Waals surface area contributed by atoms with Crippen molar-refractivity contribution >= 4 is 17.3 Å². The van der Waals surface area contributed by atoms with Gasteiger partial charge in [-0.2, -0.15) is 0 Å². The van der Waals surface area contributed by atoms with E-state index < -0.39 is 5.91 Å². The standard InChI is InChI=1S/C14H21N3O/c1-9(2)14(5-6-14)8-17-12-7-10(15)3-4-11(12)13(16)18/h3-4,7,9,17H,5-6,8,15H2,1-2H3,(H2,16,18). The zero-order valence-corrected chi connectivity index (χ0v) is 11.0. The van der Waals surface area contributed by atoms with Crippen molar-refractivity contribution in [1.29, 1.82) is 0 Å². The molecule has 5 N–H and O–H groups in total. The van der Waals surface area contributed by atoms with Gasteiger partial charge < -0.3 is 16.8 Å². The highest BCUT2D eigenvalue weighted by Gasteiger charge is 2.44. The second-order valence-electron chi connectivity index (χ2n) is 5.54. The van der Waals surface area contributed by atoms with Gasteiger partial charge in [-0.25, -0.2) is 0 Å². The van der Waals surface area contributed by atoms with Crippen molar-refractivity contribution in [2.24, 2.45) is 17.1 Å². The fourth-order valence-corrected chi connectivity index (χ4v) is 2.31. The maximum atomic E-state index is 11.3. The van der Waals surface area contributed by atoms with Crippen LogP contribution >= 0.6 is 0 Å². The van der Waals surface area contributed by atoms with Crippen molar-refractivity contribution in [2.75, 3.05) is 17.6 Å². The summed E-state index contributed by atoms with van der Waals surface area (Å²) in [5.74, 6) is 0.218. The summed E-state index contributed by atoms with van der Waals surface area (Å²) >= 11 is 0. The van der Waals surface area contributed by atoms with Crippen LogP contribution in [0.2, 0.25) is 0 Å². The van der Waals surface area contributed by atoms with Crippen molar-refractivity contribution in [3.8, 4) is 0 Å². The molecule has 0 radical (unpaired) electrons. The smallest absolute Gasteiger partial charge is 0.250 e. The van der Waals surface area contributed by atoms with Gasteiger partial charge in [-0.3, -0.25) is 4.79 Å². The molecule has 0 bridgehead atoms. The van der Waals surface area contributed by atoms with E-state index in [2.05, 4.69) is 19.2 Å². The minimum absolute atomic E-state index is 0.375. The summed E-state index contributed by atoms with van der Waals surface area (Å²) in [7, 11) is 0. The Hall–Kier alpha value is -1.71. The van der Waals surface area contributed by atoms with Gasteiger partial charge in [0.05, 0.1) is 5.56 Å². The van der Waals surface area contributed by atoms with Crippen LogP contribution in [-0.2, 0) is 0 Å². The molecular weight excluding hydrogens is 226 g/mol. The number of hydrogen-bond acceptors (Lipinski definition) is 3. The Morgan fingerprint density at radius 1 is 1.44 bits per heavy atom. The van der Waals surface area contributed by atoms with Crippen molar-refractivity contribution in [2.45, 2.75) is 26.7 Å². The third-order valence-corrected chi connectivity index (χ3v) is 4.06. The maximum absolute atomic E-state index is 11.3. The molecule has 1 aliphatic rings. The minimum atomic E-state index is -0.424. The predicted molar refractivity (Wildman–Crippen MR) is 74.4 cm³/mol. The molecule has 1 fully saturated rings. The second-order valence-corrected chi connectivity index (χ2v) is 5.54. The monoisotopic (exact) mass is 247 g/mol. The normalized spacial score (nSPS) is 16.6. The molecule has 1 saturated carbocycles. The molecule has 0 spiro atoms. The van der Waals surface area contributed by atoms with Crippen LogP contribution in [-0.4, -0.2) is 12.5 Å². The fraction of sp³-hybridized carbons (Fsp3) is 0.500. The molecule has 0 unspecified atom stereocenters. The summed E-state index contributed by atoms with van der Waals surface area (Å²) in [4.78, 5) is 11.3. The van der Waals surface area contributed by atoms with Gasteiger partial charge in [0.15, 0.2) is 0 Å². The number of rotatable bonds is 5. The number of nitrogen functional groups attached to an aromatic ring is 1. The van der Waals surface area contributed by atoms with Crippen LogP contribution in [0.15, 0.2) is 18.2 Å². The average Bonchev–Trinajstić information content (AvgIpc) is 3.07. The van der Waals surface area contributed by atoms with Crippen molar-refractivity contribution in [3.63, 3.8) is 0 Å². The molecule has 1 aromatic rings. The summed E-state index contributed by atoms with van der Waals surface area (Å²) in [5.41, 5.74) is 13.4. The van der Waals surface area contributed by atoms with E-state index in [1.165, 1.54) is 12.8 Å². The van der Waals surface area contributed by atoms with E-state index in [0.29, 0.717) is 22.6 Å². The fourth-order valence-electron chi connectivity index (χ4n) is 2.31. The van der Waals surface area contributed by atoms with E-state index in [0.717, 1.165) is 12.2 Å². The molecular formula is C14H21N3O. The second kappa shape index (κ2) is 4.52. The van der Waals surface area contributed by atoms with Gasteiger partial charge in [-0.15, -0.1) is 0 Å². The summed E-state index contributed by atoms with van der Waals surface area (Å²) < 4.78 is 0. The van der Waals surface area contributed by atoms with Crippen LogP contribution in [0.3, 0.4) is 0 Å². The quantitative estimate of drug-likeness (QED) is 0.698. The summed E-state index contributed by atoms with van der Waals surface area (Å²) in [6.07, 6.45) is 2.48. The van der Waals surface area contributed by atoms with Gasteiger partial charge in [0.25, 0.3) is 5.91 Å². The number of anilines is 2. The number of carbonyl (C=O) groups excluding carboxylic acids is 1. The molecule has 18 heavy (non-hydrogen) atoms. The molecule has 1 aromatic carbocycles. The van der Waals surface area contributed by atoms with Crippen LogP contribution in [0.4, 0.5) is 11.4 Å².